The van der Waals surface area contributed by atoms with Gasteiger partial charge in [0.25, 0.3) is 0 Å². The van der Waals surface area contributed by atoms with E-state index in [1.807, 2.05) is 30.3 Å². The van der Waals surface area contributed by atoms with Gasteiger partial charge in [-0.15, -0.1) is 0 Å². The van der Waals surface area contributed by atoms with Crippen molar-refractivity contribution in [3.63, 3.8) is 0 Å². The Morgan fingerprint density at radius 3 is 2.71 bits per heavy atom. The second kappa shape index (κ2) is 3.70. The molecule has 0 aromatic heterocycles. The maximum absolute atomic E-state index is 10.5. The van der Waals surface area contributed by atoms with Gasteiger partial charge in [-0.3, -0.25) is 4.79 Å². The highest BCUT2D eigenvalue weighted by molar-refractivity contribution is 5.73. The van der Waals surface area contributed by atoms with Gasteiger partial charge in [-0.05, 0) is 18.6 Å². The molecule has 0 unspecified atom stereocenters. The first kappa shape index (κ1) is 9.06. The molecule has 1 aliphatic carbocycles. The summed E-state index contributed by atoms with van der Waals surface area (Å²) in [5.74, 6) is 0.126. The molecule has 14 heavy (non-hydrogen) atoms. The van der Waals surface area contributed by atoms with Gasteiger partial charge in [0.2, 0.25) is 0 Å². The Morgan fingerprint density at radius 1 is 1.43 bits per heavy atom. The quantitative estimate of drug-likeness (QED) is 0.791. The van der Waals surface area contributed by atoms with Crippen molar-refractivity contribution in [3.05, 3.63) is 30.3 Å². The molecule has 0 radical (unpaired) electrons. The van der Waals surface area contributed by atoms with Gasteiger partial charge in [-0.25, -0.2) is 0 Å². The smallest absolute Gasteiger partial charge is 0.306 e. The van der Waals surface area contributed by atoms with Gasteiger partial charge in [0.05, 0.1) is 12.5 Å². The molecule has 1 fully saturated rings. The third kappa shape index (κ3) is 2.05. The van der Waals surface area contributed by atoms with E-state index in [9.17, 15) is 4.79 Å². The Hall–Kier alpha value is -1.51. The number of aliphatic carboxylic acids is 1. The largest absolute Gasteiger partial charge is 0.493 e. The fraction of sp³-hybridized carbons (Fsp3) is 0.364. The number of carboxylic acid groups (broad SMARTS) is 1. The minimum absolute atomic E-state index is 0.182. The van der Waals surface area contributed by atoms with E-state index in [2.05, 4.69) is 0 Å². The van der Waals surface area contributed by atoms with E-state index in [0.29, 0.717) is 6.61 Å². The summed E-state index contributed by atoms with van der Waals surface area (Å²) in [7, 11) is 0. The minimum Gasteiger partial charge on any atom is -0.493 e. The zero-order chi connectivity index (χ0) is 9.97. The fourth-order valence-corrected chi connectivity index (χ4v) is 1.45. The first-order valence-corrected chi connectivity index (χ1v) is 4.68. The van der Waals surface area contributed by atoms with Gasteiger partial charge in [0.1, 0.15) is 5.75 Å². The molecule has 0 spiro atoms. The highest BCUT2D eigenvalue weighted by Crippen LogP contribution is 2.38. The molecule has 74 valence electrons. The topological polar surface area (TPSA) is 46.5 Å². The molecule has 0 aliphatic heterocycles. The zero-order valence-corrected chi connectivity index (χ0v) is 7.72. The summed E-state index contributed by atoms with van der Waals surface area (Å²) in [6.07, 6.45) is 0.752. The predicted molar refractivity (Wildman–Crippen MR) is 51.2 cm³/mol. The van der Waals surface area contributed by atoms with E-state index in [4.69, 9.17) is 9.84 Å². The van der Waals surface area contributed by atoms with Crippen LogP contribution in [0.5, 0.6) is 5.75 Å². The van der Waals surface area contributed by atoms with Crippen molar-refractivity contribution in [3.8, 4) is 5.75 Å². The van der Waals surface area contributed by atoms with Crippen LogP contribution in [0.1, 0.15) is 6.42 Å². The molecule has 1 aliphatic rings. The van der Waals surface area contributed by atoms with E-state index in [-0.39, 0.29) is 11.8 Å². The van der Waals surface area contributed by atoms with Crippen molar-refractivity contribution < 1.29 is 14.6 Å². The Balaban J connectivity index is 1.77. The molecule has 1 aromatic rings. The van der Waals surface area contributed by atoms with Crippen LogP contribution in [0.2, 0.25) is 0 Å². The minimum atomic E-state index is -0.702. The highest BCUT2D eigenvalue weighted by Gasteiger charge is 2.43. The van der Waals surface area contributed by atoms with Crippen LogP contribution in [0.3, 0.4) is 0 Å². The van der Waals surface area contributed by atoms with Crippen LogP contribution >= 0.6 is 0 Å². The normalized spacial score (nSPS) is 24.3. The average Bonchev–Trinajstić information content (AvgIpc) is 2.96. The standard InChI is InChI=1S/C11H12O3/c12-11(13)10-6-8(10)7-14-9-4-2-1-3-5-9/h1-5,8,10H,6-7H2,(H,12,13)/t8-,10+/m1/s1. The third-order valence-corrected chi connectivity index (χ3v) is 2.45. The monoisotopic (exact) mass is 192 g/mol. The third-order valence-electron chi connectivity index (χ3n) is 2.45. The number of carboxylic acids is 1. The van der Waals surface area contributed by atoms with Crippen molar-refractivity contribution in [2.45, 2.75) is 6.42 Å². The number of hydrogen-bond donors (Lipinski definition) is 1. The van der Waals surface area contributed by atoms with Gasteiger partial charge in [0.15, 0.2) is 0 Å². The molecule has 2 atom stereocenters. The lowest BCUT2D eigenvalue weighted by molar-refractivity contribution is -0.138. The molecule has 1 N–H and O–H groups in total. The number of hydrogen-bond acceptors (Lipinski definition) is 2. The number of benzene rings is 1. The first-order chi connectivity index (χ1) is 6.77. The predicted octanol–water partition coefficient (Wildman–Crippen LogP) is 1.79. The summed E-state index contributed by atoms with van der Waals surface area (Å²) in [6, 6.07) is 9.47. The molecule has 2 rings (SSSR count). The summed E-state index contributed by atoms with van der Waals surface area (Å²) < 4.78 is 5.45. The van der Waals surface area contributed by atoms with Gasteiger partial charge in [0, 0.05) is 5.92 Å². The number of para-hydroxylation sites is 1. The van der Waals surface area contributed by atoms with E-state index in [1.54, 1.807) is 0 Å². The summed E-state index contributed by atoms with van der Waals surface area (Å²) >= 11 is 0. The van der Waals surface area contributed by atoms with Crippen LogP contribution in [0, 0.1) is 11.8 Å². The van der Waals surface area contributed by atoms with E-state index in [0.717, 1.165) is 12.2 Å². The molecular weight excluding hydrogens is 180 g/mol. The molecule has 0 saturated heterocycles. The number of rotatable bonds is 4. The van der Waals surface area contributed by atoms with Crippen LogP contribution in [0.25, 0.3) is 0 Å². The van der Waals surface area contributed by atoms with E-state index >= 15 is 0 Å². The summed E-state index contributed by atoms with van der Waals surface area (Å²) in [4.78, 5) is 10.5. The molecule has 1 aromatic carbocycles. The number of ether oxygens (including phenoxy) is 1. The van der Waals surface area contributed by atoms with Gasteiger partial charge in [-0.1, -0.05) is 18.2 Å². The molecule has 1 saturated carbocycles. The summed E-state index contributed by atoms with van der Waals surface area (Å²) in [6.45, 7) is 0.515. The van der Waals surface area contributed by atoms with Crippen molar-refractivity contribution in [2.24, 2.45) is 11.8 Å². The fourth-order valence-electron chi connectivity index (χ4n) is 1.45. The summed E-state index contributed by atoms with van der Waals surface area (Å²) in [5.41, 5.74) is 0. The SMILES string of the molecule is O=C(O)[C@H]1C[C@@H]1COc1ccccc1. The Kier molecular flexibility index (Phi) is 2.39. The first-order valence-electron chi connectivity index (χ1n) is 4.68. The lowest BCUT2D eigenvalue weighted by atomic mass is 10.3. The second-order valence-corrected chi connectivity index (χ2v) is 3.56. The molecule has 0 heterocycles. The maximum Gasteiger partial charge on any atom is 0.306 e. The van der Waals surface area contributed by atoms with E-state index < -0.39 is 5.97 Å². The van der Waals surface area contributed by atoms with Crippen LogP contribution in [-0.4, -0.2) is 17.7 Å². The Labute approximate surface area is 82.3 Å². The van der Waals surface area contributed by atoms with Crippen LogP contribution in [0.15, 0.2) is 30.3 Å². The molecule has 3 nitrogen and oxygen atoms in total. The van der Waals surface area contributed by atoms with Crippen molar-refractivity contribution in [2.75, 3.05) is 6.61 Å². The van der Waals surface area contributed by atoms with Gasteiger partial charge in [-0.2, -0.15) is 0 Å². The van der Waals surface area contributed by atoms with Crippen LogP contribution in [-0.2, 0) is 4.79 Å². The average molecular weight is 192 g/mol. The molecule has 0 amide bonds. The van der Waals surface area contributed by atoms with Crippen molar-refractivity contribution in [1.29, 1.82) is 0 Å². The maximum atomic E-state index is 10.5. The Morgan fingerprint density at radius 2 is 2.14 bits per heavy atom. The van der Waals surface area contributed by atoms with E-state index in [1.165, 1.54) is 0 Å². The molecule has 3 heteroatoms. The lowest BCUT2D eigenvalue weighted by Gasteiger charge is -2.03. The molecule has 0 bridgehead atoms. The zero-order valence-electron chi connectivity index (χ0n) is 7.72. The molecular formula is C11H12O3. The van der Waals surface area contributed by atoms with Crippen LogP contribution < -0.4 is 4.74 Å². The van der Waals surface area contributed by atoms with Gasteiger partial charge >= 0.3 is 5.97 Å². The Bertz CT molecular complexity index is 321. The second-order valence-electron chi connectivity index (χ2n) is 3.56. The van der Waals surface area contributed by atoms with Crippen molar-refractivity contribution >= 4 is 5.97 Å². The lowest BCUT2D eigenvalue weighted by Crippen LogP contribution is -2.06. The van der Waals surface area contributed by atoms with Gasteiger partial charge < -0.3 is 9.84 Å². The van der Waals surface area contributed by atoms with Crippen molar-refractivity contribution in [1.82, 2.24) is 0 Å². The van der Waals surface area contributed by atoms with Crippen LogP contribution in [0.4, 0.5) is 0 Å². The number of carbonyl (C=O) groups is 1. The summed E-state index contributed by atoms with van der Waals surface area (Å²) in [5, 5.41) is 8.67. The highest BCUT2D eigenvalue weighted by atomic mass is 16.5.